The van der Waals surface area contributed by atoms with Crippen molar-refractivity contribution in [3.63, 3.8) is 0 Å². The molecule has 0 saturated carbocycles. The Hall–Kier alpha value is -2.10. The van der Waals surface area contributed by atoms with Gasteiger partial charge in [-0.05, 0) is 30.9 Å². The zero-order chi connectivity index (χ0) is 13.7. The van der Waals surface area contributed by atoms with Crippen molar-refractivity contribution in [1.82, 2.24) is 4.90 Å². The van der Waals surface area contributed by atoms with Crippen LogP contribution in [-0.4, -0.2) is 34.5 Å². The van der Waals surface area contributed by atoms with Crippen LogP contribution in [0.15, 0.2) is 36.4 Å². The first kappa shape index (κ1) is 13.3. The third-order valence-electron chi connectivity index (χ3n) is 3.29. The van der Waals surface area contributed by atoms with Crippen LogP contribution < -0.4 is 0 Å². The van der Waals surface area contributed by atoms with Gasteiger partial charge in [-0.25, -0.2) is 4.79 Å². The van der Waals surface area contributed by atoms with E-state index in [-0.39, 0.29) is 5.91 Å². The van der Waals surface area contributed by atoms with Crippen LogP contribution in [0.5, 0.6) is 0 Å². The lowest BCUT2D eigenvalue weighted by Gasteiger charge is -2.32. The molecular formula is C15H17NO3. The van der Waals surface area contributed by atoms with Crippen molar-refractivity contribution in [3.05, 3.63) is 42.0 Å². The van der Waals surface area contributed by atoms with Crippen molar-refractivity contribution in [1.29, 1.82) is 0 Å². The van der Waals surface area contributed by atoms with E-state index >= 15 is 0 Å². The van der Waals surface area contributed by atoms with Gasteiger partial charge in [0.15, 0.2) is 0 Å². The van der Waals surface area contributed by atoms with Gasteiger partial charge in [0.05, 0.1) is 0 Å². The number of carboxylic acid groups (broad SMARTS) is 1. The maximum Gasteiger partial charge on any atom is 0.326 e. The molecule has 100 valence electrons. The first-order valence-electron chi connectivity index (χ1n) is 6.45. The van der Waals surface area contributed by atoms with Gasteiger partial charge in [0.25, 0.3) is 0 Å². The number of hydrogen-bond acceptors (Lipinski definition) is 2. The molecule has 19 heavy (non-hydrogen) atoms. The molecule has 1 atom stereocenters. The number of nitrogens with zero attached hydrogens (tertiary/aromatic N) is 1. The van der Waals surface area contributed by atoms with E-state index in [0.717, 1.165) is 18.4 Å². The minimum Gasteiger partial charge on any atom is -0.480 e. The molecule has 1 fully saturated rings. The Balaban J connectivity index is 2.06. The molecule has 0 aliphatic carbocycles. The SMILES string of the molecule is O=C(O)[C@H]1CCCCN1C(=O)C=Cc1ccccc1. The monoisotopic (exact) mass is 259 g/mol. The Morgan fingerprint density at radius 3 is 2.63 bits per heavy atom. The molecule has 1 saturated heterocycles. The zero-order valence-electron chi connectivity index (χ0n) is 10.7. The number of likely N-dealkylation sites (tertiary alicyclic amines) is 1. The molecule has 1 aliphatic rings. The summed E-state index contributed by atoms with van der Waals surface area (Å²) in [7, 11) is 0. The van der Waals surface area contributed by atoms with E-state index in [4.69, 9.17) is 5.11 Å². The van der Waals surface area contributed by atoms with Gasteiger partial charge in [-0.1, -0.05) is 30.3 Å². The second kappa shape index (κ2) is 6.18. The minimum atomic E-state index is -0.916. The van der Waals surface area contributed by atoms with E-state index < -0.39 is 12.0 Å². The molecule has 4 heteroatoms. The van der Waals surface area contributed by atoms with Gasteiger partial charge in [-0.15, -0.1) is 0 Å². The maximum atomic E-state index is 12.1. The standard InChI is InChI=1S/C15H17NO3/c17-14(10-9-12-6-2-1-3-7-12)16-11-5-4-8-13(16)15(18)19/h1-3,6-7,9-10,13H,4-5,8,11H2,(H,18,19)/t13-/m1/s1. The van der Waals surface area contributed by atoms with Gasteiger partial charge in [0.2, 0.25) is 5.91 Å². The van der Waals surface area contributed by atoms with Crippen molar-refractivity contribution in [2.24, 2.45) is 0 Å². The predicted molar refractivity (Wildman–Crippen MR) is 72.5 cm³/mol. The molecule has 1 amide bonds. The van der Waals surface area contributed by atoms with Crippen LogP contribution in [-0.2, 0) is 9.59 Å². The molecule has 1 N–H and O–H groups in total. The van der Waals surface area contributed by atoms with E-state index in [1.807, 2.05) is 30.3 Å². The number of piperidine rings is 1. The number of benzene rings is 1. The fourth-order valence-corrected chi connectivity index (χ4v) is 2.28. The smallest absolute Gasteiger partial charge is 0.326 e. The highest BCUT2D eigenvalue weighted by molar-refractivity contribution is 5.94. The summed E-state index contributed by atoms with van der Waals surface area (Å²) in [6.45, 7) is 0.523. The summed E-state index contributed by atoms with van der Waals surface area (Å²) in [5.74, 6) is -1.14. The van der Waals surface area contributed by atoms with Crippen LogP contribution in [0, 0.1) is 0 Å². The van der Waals surface area contributed by atoms with Gasteiger partial charge in [0, 0.05) is 12.6 Å². The molecule has 0 aromatic heterocycles. The van der Waals surface area contributed by atoms with Crippen molar-refractivity contribution in [2.45, 2.75) is 25.3 Å². The lowest BCUT2D eigenvalue weighted by Crippen LogP contribution is -2.47. The summed E-state index contributed by atoms with van der Waals surface area (Å²) in [5, 5.41) is 9.12. The average molecular weight is 259 g/mol. The predicted octanol–water partition coefficient (Wildman–Crippen LogP) is 2.17. The van der Waals surface area contributed by atoms with Crippen molar-refractivity contribution < 1.29 is 14.7 Å². The third-order valence-corrected chi connectivity index (χ3v) is 3.29. The normalized spacial score (nSPS) is 19.6. The molecule has 0 bridgehead atoms. The molecule has 0 radical (unpaired) electrons. The quantitative estimate of drug-likeness (QED) is 0.846. The first-order valence-corrected chi connectivity index (χ1v) is 6.45. The summed E-state index contributed by atoms with van der Waals surface area (Å²) < 4.78 is 0. The Bertz CT molecular complexity index is 481. The molecule has 1 aromatic carbocycles. The van der Waals surface area contributed by atoms with Gasteiger partial charge in [0.1, 0.15) is 6.04 Å². The first-order chi connectivity index (χ1) is 9.18. The lowest BCUT2D eigenvalue weighted by atomic mass is 10.0. The van der Waals surface area contributed by atoms with E-state index in [1.54, 1.807) is 6.08 Å². The number of carbonyl (C=O) groups is 2. The second-order valence-corrected chi connectivity index (χ2v) is 4.63. The van der Waals surface area contributed by atoms with E-state index in [1.165, 1.54) is 11.0 Å². The number of carboxylic acids is 1. The van der Waals surface area contributed by atoms with E-state index in [0.29, 0.717) is 13.0 Å². The molecule has 1 aliphatic heterocycles. The molecule has 0 spiro atoms. The van der Waals surface area contributed by atoms with Crippen LogP contribution >= 0.6 is 0 Å². The molecule has 2 rings (SSSR count). The largest absolute Gasteiger partial charge is 0.480 e. The van der Waals surface area contributed by atoms with Crippen LogP contribution in [0.2, 0.25) is 0 Å². The Labute approximate surface area is 112 Å². The highest BCUT2D eigenvalue weighted by Gasteiger charge is 2.30. The van der Waals surface area contributed by atoms with Crippen molar-refractivity contribution >= 4 is 18.0 Å². The average Bonchev–Trinajstić information content (AvgIpc) is 2.46. The van der Waals surface area contributed by atoms with Crippen molar-refractivity contribution in [2.75, 3.05) is 6.54 Å². The Morgan fingerprint density at radius 1 is 1.21 bits per heavy atom. The summed E-state index contributed by atoms with van der Waals surface area (Å²) in [4.78, 5) is 24.6. The van der Waals surface area contributed by atoms with E-state index in [9.17, 15) is 9.59 Å². The Morgan fingerprint density at radius 2 is 1.95 bits per heavy atom. The topological polar surface area (TPSA) is 57.6 Å². The molecule has 1 heterocycles. The van der Waals surface area contributed by atoms with Crippen LogP contribution in [0.4, 0.5) is 0 Å². The molecule has 0 unspecified atom stereocenters. The third kappa shape index (κ3) is 3.44. The van der Waals surface area contributed by atoms with E-state index in [2.05, 4.69) is 0 Å². The number of rotatable bonds is 3. The molecule has 4 nitrogen and oxygen atoms in total. The van der Waals surface area contributed by atoms with Gasteiger partial charge in [-0.2, -0.15) is 0 Å². The number of aliphatic carboxylic acids is 1. The van der Waals surface area contributed by atoms with Gasteiger partial charge < -0.3 is 10.0 Å². The highest BCUT2D eigenvalue weighted by atomic mass is 16.4. The van der Waals surface area contributed by atoms with Crippen molar-refractivity contribution in [3.8, 4) is 0 Å². The summed E-state index contributed by atoms with van der Waals surface area (Å²) in [6, 6.07) is 8.81. The van der Waals surface area contributed by atoms with Crippen LogP contribution in [0.25, 0.3) is 6.08 Å². The van der Waals surface area contributed by atoms with Gasteiger partial charge in [-0.3, -0.25) is 4.79 Å². The molecule has 1 aromatic rings. The lowest BCUT2D eigenvalue weighted by molar-refractivity contribution is -0.150. The highest BCUT2D eigenvalue weighted by Crippen LogP contribution is 2.18. The minimum absolute atomic E-state index is 0.226. The van der Waals surface area contributed by atoms with Crippen LogP contribution in [0.1, 0.15) is 24.8 Å². The Kier molecular flexibility index (Phi) is 4.34. The number of amides is 1. The fraction of sp³-hybridized carbons (Fsp3) is 0.333. The summed E-state index contributed by atoms with van der Waals surface area (Å²) >= 11 is 0. The summed E-state index contributed by atoms with van der Waals surface area (Å²) in [6.07, 6.45) is 5.45. The van der Waals surface area contributed by atoms with Gasteiger partial charge >= 0.3 is 5.97 Å². The maximum absolute atomic E-state index is 12.1. The number of hydrogen-bond donors (Lipinski definition) is 1. The number of carbonyl (C=O) groups excluding carboxylic acids is 1. The molecular weight excluding hydrogens is 242 g/mol. The summed E-state index contributed by atoms with van der Waals surface area (Å²) in [5.41, 5.74) is 0.930. The van der Waals surface area contributed by atoms with Crippen LogP contribution in [0.3, 0.4) is 0 Å². The fourth-order valence-electron chi connectivity index (χ4n) is 2.28. The zero-order valence-corrected chi connectivity index (χ0v) is 10.7. The second-order valence-electron chi connectivity index (χ2n) is 4.63.